The number of nitrogens with zero attached hydrogens (tertiary/aromatic N) is 1. The van der Waals surface area contributed by atoms with Crippen LogP contribution in [0, 0.1) is 11.6 Å². The number of pyridine rings is 1. The summed E-state index contributed by atoms with van der Waals surface area (Å²) in [5, 5.41) is 3.22. The van der Waals surface area contributed by atoms with Gasteiger partial charge in [0.15, 0.2) is 11.6 Å². The third-order valence-electron chi connectivity index (χ3n) is 2.96. The average molecular weight is 292 g/mol. The molecule has 21 heavy (non-hydrogen) atoms. The molecule has 0 aliphatic heterocycles. The third kappa shape index (κ3) is 4.23. The van der Waals surface area contributed by atoms with Gasteiger partial charge in [0.2, 0.25) is 5.88 Å². The maximum Gasteiger partial charge on any atom is 0.219 e. The van der Waals surface area contributed by atoms with Gasteiger partial charge in [0, 0.05) is 24.4 Å². The zero-order chi connectivity index (χ0) is 15.2. The molecule has 1 heterocycles. The van der Waals surface area contributed by atoms with E-state index in [1.54, 1.807) is 6.07 Å². The summed E-state index contributed by atoms with van der Waals surface area (Å²) in [6.07, 6.45) is 0.752. The van der Waals surface area contributed by atoms with E-state index in [0.717, 1.165) is 36.4 Å². The topological polar surface area (TPSA) is 34.2 Å². The van der Waals surface area contributed by atoms with E-state index in [9.17, 15) is 8.78 Å². The van der Waals surface area contributed by atoms with E-state index in [1.165, 1.54) is 6.07 Å². The van der Waals surface area contributed by atoms with Crippen LogP contribution in [0.25, 0.3) is 0 Å². The van der Waals surface area contributed by atoms with E-state index in [0.29, 0.717) is 12.4 Å². The molecule has 2 aromatic rings. The number of aryl methyl sites for hydroxylation is 1. The predicted octanol–water partition coefficient (Wildman–Crippen LogP) is 3.82. The smallest absolute Gasteiger partial charge is 0.219 e. The quantitative estimate of drug-likeness (QED) is 0.878. The lowest BCUT2D eigenvalue weighted by atomic mass is 10.2. The Balaban J connectivity index is 2.25. The summed E-state index contributed by atoms with van der Waals surface area (Å²) in [6.45, 7) is 5.55. The van der Waals surface area contributed by atoms with Gasteiger partial charge in [-0.2, -0.15) is 0 Å². The van der Waals surface area contributed by atoms with Crippen molar-refractivity contribution < 1.29 is 13.5 Å². The van der Waals surface area contributed by atoms with Gasteiger partial charge in [0.05, 0.1) is 0 Å². The van der Waals surface area contributed by atoms with Gasteiger partial charge >= 0.3 is 0 Å². The molecule has 3 nitrogen and oxygen atoms in total. The van der Waals surface area contributed by atoms with Crippen LogP contribution in [0.4, 0.5) is 8.78 Å². The van der Waals surface area contributed by atoms with E-state index in [1.807, 2.05) is 19.9 Å². The molecule has 0 bridgehead atoms. The highest BCUT2D eigenvalue weighted by atomic mass is 19.1. The Hall–Kier alpha value is -2.01. The van der Waals surface area contributed by atoms with E-state index in [4.69, 9.17) is 4.74 Å². The van der Waals surface area contributed by atoms with Gasteiger partial charge in [-0.25, -0.2) is 13.8 Å². The van der Waals surface area contributed by atoms with Gasteiger partial charge in [0.1, 0.15) is 5.82 Å². The van der Waals surface area contributed by atoms with Gasteiger partial charge < -0.3 is 10.1 Å². The van der Waals surface area contributed by atoms with Crippen LogP contribution < -0.4 is 10.1 Å². The summed E-state index contributed by atoms with van der Waals surface area (Å²) in [7, 11) is 0. The van der Waals surface area contributed by atoms with Crippen LogP contribution in [0.15, 0.2) is 30.3 Å². The molecule has 1 N–H and O–H groups in total. The van der Waals surface area contributed by atoms with E-state index >= 15 is 0 Å². The fourth-order valence-electron chi connectivity index (χ4n) is 1.90. The van der Waals surface area contributed by atoms with Crippen molar-refractivity contribution in [3.63, 3.8) is 0 Å². The zero-order valence-corrected chi connectivity index (χ0v) is 12.1. The summed E-state index contributed by atoms with van der Waals surface area (Å²) in [6, 6.07) is 6.94. The average Bonchev–Trinajstić information content (AvgIpc) is 2.48. The van der Waals surface area contributed by atoms with Gasteiger partial charge in [0.25, 0.3) is 0 Å². The molecule has 0 spiro atoms. The van der Waals surface area contributed by atoms with Crippen molar-refractivity contribution in [1.29, 1.82) is 0 Å². The van der Waals surface area contributed by atoms with Crippen molar-refractivity contribution >= 4 is 0 Å². The normalized spacial score (nSPS) is 10.7. The van der Waals surface area contributed by atoms with Crippen LogP contribution in [-0.4, -0.2) is 11.5 Å². The van der Waals surface area contributed by atoms with Gasteiger partial charge in [-0.3, -0.25) is 0 Å². The minimum atomic E-state index is -0.744. The molecule has 0 aliphatic carbocycles. The maximum atomic E-state index is 13.6. The SMILES string of the molecule is CCNCc1cc(CC)nc(Oc2ccc(F)cc2F)c1. The number of nitrogens with one attached hydrogen (secondary N) is 1. The van der Waals surface area contributed by atoms with Crippen molar-refractivity contribution in [3.8, 4) is 11.6 Å². The molecule has 0 fully saturated rings. The minimum absolute atomic E-state index is 0.0356. The lowest BCUT2D eigenvalue weighted by Gasteiger charge is -2.10. The number of aromatic nitrogens is 1. The highest BCUT2D eigenvalue weighted by molar-refractivity contribution is 5.32. The van der Waals surface area contributed by atoms with Crippen molar-refractivity contribution in [1.82, 2.24) is 10.3 Å². The number of benzene rings is 1. The number of rotatable bonds is 6. The van der Waals surface area contributed by atoms with Crippen LogP contribution in [0.2, 0.25) is 0 Å². The van der Waals surface area contributed by atoms with Crippen molar-refractivity contribution in [2.75, 3.05) is 6.54 Å². The molecule has 0 aliphatic rings. The first-order valence-electron chi connectivity index (χ1n) is 6.95. The number of halogens is 2. The first kappa shape index (κ1) is 15.4. The monoisotopic (exact) mass is 292 g/mol. The Labute approximate surface area is 123 Å². The summed E-state index contributed by atoms with van der Waals surface area (Å²) in [4.78, 5) is 4.31. The second-order valence-corrected chi connectivity index (χ2v) is 4.62. The first-order valence-corrected chi connectivity index (χ1v) is 6.95. The van der Waals surface area contributed by atoms with Crippen LogP contribution in [0.3, 0.4) is 0 Å². The third-order valence-corrected chi connectivity index (χ3v) is 2.96. The Morgan fingerprint density at radius 1 is 1.14 bits per heavy atom. The summed E-state index contributed by atoms with van der Waals surface area (Å²) in [5.74, 6) is -1.10. The Morgan fingerprint density at radius 2 is 1.95 bits per heavy atom. The zero-order valence-electron chi connectivity index (χ0n) is 12.1. The predicted molar refractivity (Wildman–Crippen MR) is 77.4 cm³/mol. The summed E-state index contributed by atoms with van der Waals surface area (Å²) in [5.41, 5.74) is 1.88. The minimum Gasteiger partial charge on any atom is -0.436 e. The molecule has 0 unspecified atom stereocenters. The first-order chi connectivity index (χ1) is 10.1. The number of ether oxygens (including phenoxy) is 1. The lowest BCUT2D eigenvalue weighted by molar-refractivity contribution is 0.421. The van der Waals surface area contributed by atoms with Crippen molar-refractivity contribution in [2.45, 2.75) is 26.8 Å². The molecule has 0 saturated carbocycles. The fourth-order valence-corrected chi connectivity index (χ4v) is 1.90. The lowest BCUT2D eigenvalue weighted by Crippen LogP contribution is -2.12. The van der Waals surface area contributed by atoms with E-state index in [-0.39, 0.29) is 5.75 Å². The highest BCUT2D eigenvalue weighted by Gasteiger charge is 2.09. The Morgan fingerprint density at radius 3 is 2.62 bits per heavy atom. The van der Waals surface area contributed by atoms with Crippen LogP contribution in [0.1, 0.15) is 25.1 Å². The van der Waals surface area contributed by atoms with Crippen molar-refractivity contribution in [3.05, 3.63) is 53.2 Å². The molecule has 5 heteroatoms. The molecular weight excluding hydrogens is 274 g/mol. The van der Waals surface area contributed by atoms with E-state index < -0.39 is 11.6 Å². The Kier molecular flexibility index (Phi) is 5.22. The largest absolute Gasteiger partial charge is 0.436 e. The maximum absolute atomic E-state index is 13.6. The van der Waals surface area contributed by atoms with Crippen molar-refractivity contribution in [2.24, 2.45) is 0 Å². The van der Waals surface area contributed by atoms with Crippen LogP contribution in [-0.2, 0) is 13.0 Å². The second kappa shape index (κ2) is 7.13. The molecule has 0 radical (unpaired) electrons. The van der Waals surface area contributed by atoms with Gasteiger partial charge in [-0.15, -0.1) is 0 Å². The summed E-state index contributed by atoms with van der Waals surface area (Å²) >= 11 is 0. The molecule has 0 atom stereocenters. The van der Waals surface area contributed by atoms with Gasteiger partial charge in [-0.05, 0) is 36.7 Å². The molecule has 2 rings (SSSR count). The molecular formula is C16H18F2N2O. The standard InChI is InChI=1S/C16H18F2N2O/c1-3-13-7-11(10-19-4-2)8-16(20-13)21-15-6-5-12(17)9-14(15)18/h5-9,19H,3-4,10H2,1-2H3. The molecule has 1 aromatic heterocycles. The second-order valence-electron chi connectivity index (χ2n) is 4.62. The van der Waals surface area contributed by atoms with Crippen LogP contribution >= 0.6 is 0 Å². The van der Waals surface area contributed by atoms with Crippen LogP contribution in [0.5, 0.6) is 11.6 Å². The molecule has 112 valence electrons. The van der Waals surface area contributed by atoms with E-state index in [2.05, 4.69) is 10.3 Å². The number of hydrogen-bond acceptors (Lipinski definition) is 3. The number of hydrogen-bond donors (Lipinski definition) is 1. The highest BCUT2D eigenvalue weighted by Crippen LogP contribution is 2.24. The van der Waals surface area contributed by atoms with Gasteiger partial charge in [-0.1, -0.05) is 13.8 Å². The molecule has 1 aromatic carbocycles. The Bertz CT molecular complexity index is 617. The molecule has 0 saturated heterocycles. The fraction of sp³-hybridized carbons (Fsp3) is 0.312. The molecule has 0 amide bonds. The summed E-state index contributed by atoms with van der Waals surface area (Å²) < 4.78 is 32.0.